The topological polar surface area (TPSA) is 41.0 Å². The first-order chi connectivity index (χ1) is 7.79. The number of anilines is 1. The van der Waals surface area contributed by atoms with Gasteiger partial charge in [-0.2, -0.15) is 0 Å². The summed E-state index contributed by atoms with van der Waals surface area (Å²) in [4.78, 5) is 5.72. The van der Waals surface area contributed by atoms with Crippen LogP contribution >= 0.6 is 11.8 Å². The third-order valence-corrected chi connectivity index (χ3v) is 3.43. The van der Waals surface area contributed by atoms with Crippen LogP contribution in [0.15, 0.2) is 28.1 Å². The van der Waals surface area contributed by atoms with E-state index in [1.54, 1.807) is 11.8 Å². The molecule has 0 spiro atoms. The SMILES string of the molecule is CSc1ccc(C)cc1NCC1=NCC[NH2+]1.[Cl-]. The van der Waals surface area contributed by atoms with Crippen molar-refractivity contribution >= 4 is 23.3 Å². The number of quaternary nitrogens is 1. The number of hydrogen-bond donors (Lipinski definition) is 2. The van der Waals surface area contributed by atoms with Crippen LogP contribution in [0.2, 0.25) is 0 Å². The van der Waals surface area contributed by atoms with Gasteiger partial charge < -0.3 is 17.7 Å². The molecule has 5 heteroatoms. The van der Waals surface area contributed by atoms with Crippen LogP contribution in [-0.2, 0) is 0 Å². The van der Waals surface area contributed by atoms with Gasteiger partial charge in [0, 0.05) is 10.6 Å². The van der Waals surface area contributed by atoms with Crippen molar-refractivity contribution < 1.29 is 17.7 Å². The lowest BCUT2D eigenvalue weighted by Gasteiger charge is -2.10. The van der Waals surface area contributed by atoms with Crippen molar-refractivity contribution in [1.29, 1.82) is 0 Å². The summed E-state index contributed by atoms with van der Waals surface area (Å²) in [5, 5.41) is 5.67. The minimum absolute atomic E-state index is 0. The molecule has 1 aliphatic heterocycles. The van der Waals surface area contributed by atoms with Crippen LogP contribution in [0.3, 0.4) is 0 Å². The molecule has 3 nitrogen and oxygen atoms in total. The molecule has 1 heterocycles. The highest BCUT2D eigenvalue weighted by molar-refractivity contribution is 7.98. The van der Waals surface area contributed by atoms with Crippen molar-refractivity contribution in [3.8, 4) is 0 Å². The summed E-state index contributed by atoms with van der Waals surface area (Å²) in [6, 6.07) is 6.51. The molecule has 0 bridgehead atoms. The van der Waals surface area contributed by atoms with E-state index in [2.05, 4.69) is 47.0 Å². The number of nitrogens with zero attached hydrogens (tertiary/aromatic N) is 1. The summed E-state index contributed by atoms with van der Waals surface area (Å²) in [6.07, 6.45) is 2.11. The lowest BCUT2D eigenvalue weighted by molar-refractivity contribution is -0.528. The Morgan fingerprint density at radius 1 is 1.47 bits per heavy atom. The highest BCUT2D eigenvalue weighted by atomic mass is 35.5. The number of nitrogens with two attached hydrogens (primary N) is 1. The van der Waals surface area contributed by atoms with Gasteiger partial charge in [-0.3, -0.25) is 5.32 Å². The molecule has 2 rings (SSSR count). The molecule has 17 heavy (non-hydrogen) atoms. The standard InChI is InChI=1S/C12H17N3S.ClH/c1-9-3-4-11(16-2)10(7-9)15-8-12-13-5-6-14-12;/h3-4,7,15H,5-6,8H2,1-2H3,(H,13,14);1H. The zero-order chi connectivity index (χ0) is 11.4. The molecule has 0 aromatic heterocycles. The highest BCUT2D eigenvalue weighted by Crippen LogP contribution is 2.25. The normalized spacial score (nSPS) is 14.1. The van der Waals surface area contributed by atoms with Gasteiger partial charge in [-0.15, -0.1) is 11.8 Å². The molecule has 1 aliphatic rings. The van der Waals surface area contributed by atoms with Gasteiger partial charge in [0.05, 0.1) is 6.54 Å². The van der Waals surface area contributed by atoms with Gasteiger partial charge in [-0.1, -0.05) is 6.07 Å². The van der Waals surface area contributed by atoms with E-state index in [-0.39, 0.29) is 12.4 Å². The van der Waals surface area contributed by atoms with Gasteiger partial charge in [0.25, 0.3) is 0 Å². The Morgan fingerprint density at radius 3 is 2.94 bits per heavy atom. The molecule has 0 amide bonds. The molecular weight excluding hydrogens is 254 g/mol. The van der Waals surface area contributed by atoms with Gasteiger partial charge >= 0.3 is 0 Å². The van der Waals surface area contributed by atoms with Crippen molar-refractivity contribution in [3.05, 3.63) is 23.8 Å². The molecule has 0 aliphatic carbocycles. The summed E-state index contributed by atoms with van der Waals surface area (Å²) in [6.45, 7) is 5.02. The van der Waals surface area contributed by atoms with E-state index in [0.29, 0.717) is 0 Å². The molecule has 0 saturated heterocycles. The molecule has 0 atom stereocenters. The first-order valence-electron chi connectivity index (χ1n) is 5.54. The first-order valence-corrected chi connectivity index (χ1v) is 6.77. The third kappa shape index (κ3) is 3.91. The van der Waals surface area contributed by atoms with Crippen molar-refractivity contribution in [1.82, 2.24) is 0 Å². The highest BCUT2D eigenvalue weighted by Gasteiger charge is 2.10. The van der Waals surface area contributed by atoms with Crippen LogP contribution < -0.4 is 23.0 Å². The fraction of sp³-hybridized carbons (Fsp3) is 0.417. The molecular formula is C12H18ClN3S. The average Bonchev–Trinajstić information content (AvgIpc) is 2.79. The molecule has 1 aromatic carbocycles. The Hall–Kier alpha value is -0.710. The fourth-order valence-electron chi connectivity index (χ4n) is 1.78. The number of amidine groups is 1. The number of halogens is 1. The Kier molecular flexibility index (Phi) is 5.82. The molecule has 0 saturated carbocycles. The summed E-state index contributed by atoms with van der Waals surface area (Å²) < 4.78 is 0. The minimum Gasteiger partial charge on any atom is -1.00 e. The second kappa shape index (κ2) is 6.89. The van der Waals surface area contributed by atoms with E-state index in [4.69, 9.17) is 0 Å². The largest absolute Gasteiger partial charge is 1.00 e. The molecule has 0 unspecified atom stereocenters. The van der Waals surface area contributed by atoms with Crippen molar-refractivity contribution in [3.63, 3.8) is 0 Å². The molecule has 0 radical (unpaired) electrons. The van der Waals surface area contributed by atoms with E-state index in [0.717, 1.165) is 19.6 Å². The molecule has 94 valence electrons. The predicted octanol–water partition coefficient (Wildman–Crippen LogP) is -1.89. The Morgan fingerprint density at radius 2 is 2.29 bits per heavy atom. The summed E-state index contributed by atoms with van der Waals surface area (Å²) in [5.74, 6) is 1.19. The maximum absolute atomic E-state index is 4.42. The van der Waals surface area contributed by atoms with Gasteiger partial charge in [0.15, 0.2) is 0 Å². The Labute approximate surface area is 113 Å². The van der Waals surface area contributed by atoms with E-state index in [9.17, 15) is 0 Å². The molecule has 3 N–H and O–H groups in total. The second-order valence-corrected chi connectivity index (χ2v) is 4.77. The Bertz CT molecular complexity index is 407. The summed E-state index contributed by atoms with van der Waals surface area (Å²) >= 11 is 1.77. The monoisotopic (exact) mass is 271 g/mol. The Balaban J connectivity index is 0.00000144. The number of nitrogens with one attached hydrogen (secondary N) is 1. The summed E-state index contributed by atoms with van der Waals surface area (Å²) in [7, 11) is 0. The number of aryl methyl sites for hydroxylation is 1. The van der Waals surface area contributed by atoms with Gasteiger partial charge in [-0.05, 0) is 30.9 Å². The fourth-order valence-corrected chi connectivity index (χ4v) is 2.33. The zero-order valence-corrected chi connectivity index (χ0v) is 11.7. The van der Waals surface area contributed by atoms with Crippen LogP contribution in [0.5, 0.6) is 0 Å². The number of thioether (sulfide) groups is 1. The van der Waals surface area contributed by atoms with Crippen LogP contribution in [0.1, 0.15) is 5.56 Å². The lowest BCUT2D eigenvalue weighted by Crippen LogP contribution is -3.00. The van der Waals surface area contributed by atoms with Gasteiger partial charge in [-0.25, -0.2) is 4.99 Å². The van der Waals surface area contributed by atoms with Crippen molar-refractivity contribution in [2.45, 2.75) is 11.8 Å². The van der Waals surface area contributed by atoms with E-state index in [1.165, 1.54) is 22.0 Å². The van der Waals surface area contributed by atoms with E-state index >= 15 is 0 Å². The van der Waals surface area contributed by atoms with Crippen molar-refractivity contribution in [2.75, 3.05) is 31.2 Å². The average molecular weight is 272 g/mol. The maximum atomic E-state index is 4.42. The van der Waals surface area contributed by atoms with Gasteiger partial charge in [0.2, 0.25) is 5.84 Å². The quantitative estimate of drug-likeness (QED) is 0.629. The van der Waals surface area contributed by atoms with Crippen LogP contribution in [0.4, 0.5) is 5.69 Å². The minimum atomic E-state index is 0. The van der Waals surface area contributed by atoms with Gasteiger partial charge in [0.1, 0.15) is 13.1 Å². The van der Waals surface area contributed by atoms with E-state index in [1.807, 2.05) is 0 Å². The number of benzene rings is 1. The predicted molar refractivity (Wildman–Crippen MR) is 70.5 cm³/mol. The molecule has 0 fully saturated rings. The van der Waals surface area contributed by atoms with Crippen LogP contribution in [-0.4, -0.2) is 31.7 Å². The smallest absolute Gasteiger partial charge is 0.214 e. The van der Waals surface area contributed by atoms with Crippen LogP contribution in [0, 0.1) is 6.92 Å². The number of aliphatic imine (C=N–C) groups is 1. The number of rotatable bonds is 4. The van der Waals surface area contributed by atoms with Crippen LogP contribution in [0.25, 0.3) is 0 Å². The second-order valence-electron chi connectivity index (χ2n) is 3.92. The van der Waals surface area contributed by atoms with E-state index < -0.39 is 0 Å². The third-order valence-electron chi connectivity index (χ3n) is 2.64. The molecule has 1 aromatic rings. The first kappa shape index (κ1) is 14.4. The maximum Gasteiger partial charge on any atom is 0.214 e. The summed E-state index contributed by atoms with van der Waals surface area (Å²) in [5.41, 5.74) is 2.51. The number of hydrogen-bond acceptors (Lipinski definition) is 3. The lowest BCUT2D eigenvalue weighted by atomic mass is 10.2. The van der Waals surface area contributed by atoms with Crippen molar-refractivity contribution in [2.24, 2.45) is 4.99 Å². The zero-order valence-electron chi connectivity index (χ0n) is 10.2.